The van der Waals surface area contributed by atoms with Gasteiger partial charge in [-0.2, -0.15) is 0 Å². The van der Waals surface area contributed by atoms with Crippen molar-refractivity contribution in [3.05, 3.63) is 65.7 Å². The van der Waals surface area contributed by atoms with Gasteiger partial charge in [0, 0.05) is 19.5 Å². The van der Waals surface area contributed by atoms with Crippen molar-refractivity contribution >= 4 is 11.9 Å². The van der Waals surface area contributed by atoms with Crippen molar-refractivity contribution in [3.8, 4) is 5.75 Å². The van der Waals surface area contributed by atoms with Crippen molar-refractivity contribution in [3.63, 3.8) is 0 Å². The topological polar surface area (TPSA) is 55.8 Å². The molecule has 0 aromatic heterocycles. The first kappa shape index (κ1) is 17.0. The summed E-state index contributed by atoms with van der Waals surface area (Å²) in [4.78, 5) is 26.1. The van der Waals surface area contributed by atoms with Gasteiger partial charge in [-0.05, 0) is 23.3 Å². The van der Waals surface area contributed by atoms with E-state index in [-0.39, 0.29) is 24.9 Å². The molecule has 0 radical (unpaired) electrons. The minimum absolute atomic E-state index is 0.00440. The third kappa shape index (κ3) is 4.38. The fourth-order valence-electron chi connectivity index (χ4n) is 2.88. The zero-order valence-electron chi connectivity index (χ0n) is 14.2. The number of hydrogen-bond donors (Lipinski definition) is 0. The molecular weight excluding hydrogens is 318 g/mol. The van der Waals surface area contributed by atoms with Gasteiger partial charge in [-0.15, -0.1) is 0 Å². The number of hydrogen-bond acceptors (Lipinski definition) is 4. The molecule has 2 aromatic rings. The van der Waals surface area contributed by atoms with Crippen molar-refractivity contribution < 1.29 is 19.1 Å². The van der Waals surface area contributed by atoms with Gasteiger partial charge in [0.1, 0.15) is 12.4 Å². The molecule has 1 atom stereocenters. The van der Waals surface area contributed by atoms with Crippen LogP contribution in [0.3, 0.4) is 0 Å². The number of carbonyl (C=O) groups is 2. The van der Waals surface area contributed by atoms with Crippen LogP contribution in [0.4, 0.5) is 0 Å². The van der Waals surface area contributed by atoms with Crippen LogP contribution in [0.25, 0.3) is 0 Å². The van der Waals surface area contributed by atoms with E-state index in [0.29, 0.717) is 13.1 Å². The number of ether oxygens (including phenoxy) is 2. The Bertz CT molecular complexity index is 727. The smallest absolute Gasteiger partial charge is 0.311 e. The van der Waals surface area contributed by atoms with E-state index in [1.807, 2.05) is 54.6 Å². The number of carbonyl (C=O) groups excluding carboxylic acids is 2. The van der Waals surface area contributed by atoms with Crippen LogP contribution in [0.2, 0.25) is 0 Å². The molecule has 1 amide bonds. The lowest BCUT2D eigenvalue weighted by atomic mass is 10.1. The van der Waals surface area contributed by atoms with Crippen molar-refractivity contribution in [2.45, 2.75) is 19.6 Å². The van der Waals surface area contributed by atoms with E-state index >= 15 is 0 Å². The standard InChI is InChI=1S/C20H21NO4/c1-24-18-9-7-16(8-10-18)14-25-20(23)17-11-19(22)21(13-17)12-15-5-3-2-4-6-15/h2-10,17H,11-14H2,1H3/t17-/m1/s1. The highest BCUT2D eigenvalue weighted by molar-refractivity contribution is 5.86. The molecule has 25 heavy (non-hydrogen) atoms. The molecule has 5 nitrogen and oxygen atoms in total. The summed E-state index contributed by atoms with van der Waals surface area (Å²) in [6, 6.07) is 17.1. The van der Waals surface area contributed by atoms with Gasteiger partial charge in [-0.25, -0.2) is 0 Å². The van der Waals surface area contributed by atoms with E-state index in [9.17, 15) is 9.59 Å². The number of rotatable bonds is 6. The second kappa shape index (κ2) is 7.83. The number of benzene rings is 2. The van der Waals surface area contributed by atoms with Gasteiger partial charge in [0.05, 0.1) is 13.0 Å². The Labute approximate surface area is 147 Å². The number of nitrogens with zero attached hydrogens (tertiary/aromatic N) is 1. The Hall–Kier alpha value is -2.82. The van der Waals surface area contributed by atoms with E-state index in [1.165, 1.54) is 0 Å². The molecule has 1 heterocycles. The van der Waals surface area contributed by atoms with E-state index < -0.39 is 5.92 Å². The minimum atomic E-state index is -0.394. The number of methoxy groups -OCH3 is 1. The summed E-state index contributed by atoms with van der Waals surface area (Å²) in [6.07, 6.45) is 0.217. The average molecular weight is 339 g/mol. The first-order chi connectivity index (χ1) is 12.2. The second-order valence-corrected chi connectivity index (χ2v) is 6.12. The van der Waals surface area contributed by atoms with Crippen LogP contribution in [0.15, 0.2) is 54.6 Å². The average Bonchev–Trinajstić information content (AvgIpc) is 3.01. The SMILES string of the molecule is COc1ccc(COC(=O)[C@@H]2CC(=O)N(Cc3ccccc3)C2)cc1. The minimum Gasteiger partial charge on any atom is -0.497 e. The second-order valence-electron chi connectivity index (χ2n) is 6.12. The zero-order valence-corrected chi connectivity index (χ0v) is 14.2. The Morgan fingerprint density at radius 2 is 1.80 bits per heavy atom. The lowest BCUT2D eigenvalue weighted by Gasteiger charge is -2.16. The molecule has 0 spiro atoms. The lowest BCUT2D eigenvalue weighted by Crippen LogP contribution is -2.26. The van der Waals surface area contributed by atoms with E-state index in [2.05, 4.69) is 0 Å². The van der Waals surface area contributed by atoms with Gasteiger partial charge in [0.15, 0.2) is 0 Å². The summed E-state index contributed by atoms with van der Waals surface area (Å²) in [6.45, 7) is 1.14. The first-order valence-electron chi connectivity index (χ1n) is 8.27. The molecule has 0 unspecified atom stereocenters. The highest BCUT2D eigenvalue weighted by atomic mass is 16.5. The Kier molecular flexibility index (Phi) is 5.33. The molecule has 130 valence electrons. The summed E-state index contributed by atoms with van der Waals surface area (Å²) in [5.74, 6) is 0.0393. The predicted molar refractivity (Wildman–Crippen MR) is 92.8 cm³/mol. The van der Waals surface area contributed by atoms with Crippen molar-refractivity contribution in [2.24, 2.45) is 5.92 Å². The third-order valence-corrected chi connectivity index (χ3v) is 4.30. The van der Waals surface area contributed by atoms with Crippen LogP contribution in [0.1, 0.15) is 17.5 Å². The molecule has 1 aliphatic heterocycles. The molecule has 1 fully saturated rings. The van der Waals surface area contributed by atoms with Gasteiger partial charge >= 0.3 is 5.97 Å². The van der Waals surface area contributed by atoms with Crippen molar-refractivity contribution in [2.75, 3.05) is 13.7 Å². The molecule has 0 saturated carbocycles. The molecule has 1 saturated heterocycles. The molecule has 0 bridgehead atoms. The molecule has 0 N–H and O–H groups in total. The van der Waals surface area contributed by atoms with Crippen LogP contribution in [-0.4, -0.2) is 30.4 Å². The number of likely N-dealkylation sites (tertiary alicyclic amines) is 1. The van der Waals surface area contributed by atoms with Crippen LogP contribution in [0.5, 0.6) is 5.75 Å². The number of esters is 1. The maximum Gasteiger partial charge on any atom is 0.311 e. The summed E-state index contributed by atoms with van der Waals surface area (Å²) in [7, 11) is 1.60. The monoisotopic (exact) mass is 339 g/mol. The predicted octanol–water partition coefficient (Wildman–Crippen LogP) is 2.79. The van der Waals surface area contributed by atoms with Gasteiger partial charge < -0.3 is 14.4 Å². The van der Waals surface area contributed by atoms with Crippen LogP contribution < -0.4 is 4.74 Å². The maximum absolute atomic E-state index is 12.3. The summed E-state index contributed by atoms with van der Waals surface area (Å²) in [5, 5.41) is 0. The quantitative estimate of drug-likeness (QED) is 0.760. The Morgan fingerprint density at radius 3 is 2.48 bits per heavy atom. The van der Waals surface area contributed by atoms with Crippen LogP contribution in [0, 0.1) is 5.92 Å². The fraction of sp³-hybridized carbons (Fsp3) is 0.300. The van der Waals surface area contributed by atoms with Crippen molar-refractivity contribution in [1.82, 2.24) is 4.90 Å². The van der Waals surface area contributed by atoms with Crippen LogP contribution in [-0.2, 0) is 27.5 Å². The molecular formula is C20H21NO4. The van der Waals surface area contributed by atoms with E-state index in [4.69, 9.17) is 9.47 Å². The van der Waals surface area contributed by atoms with E-state index in [1.54, 1.807) is 12.0 Å². The molecule has 3 rings (SSSR count). The molecule has 5 heteroatoms. The molecule has 1 aliphatic rings. The zero-order chi connectivity index (χ0) is 17.6. The summed E-state index contributed by atoms with van der Waals surface area (Å²) < 4.78 is 10.5. The van der Waals surface area contributed by atoms with Gasteiger partial charge in [0.25, 0.3) is 0 Å². The van der Waals surface area contributed by atoms with Gasteiger partial charge in [-0.1, -0.05) is 42.5 Å². The Balaban J connectivity index is 1.51. The van der Waals surface area contributed by atoms with Gasteiger partial charge in [-0.3, -0.25) is 9.59 Å². The lowest BCUT2D eigenvalue weighted by molar-refractivity contribution is -0.149. The number of amides is 1. The highest BCUT2D eigenvalue weighted by Crippen LogP contribution is 2.22. The molecule has 2 aromatic carbocycles. The van der Waals surface area contributed by atoms with Crippen LogP contribution >= 0.6 is 0 Å². The molecule has 0 aliphatic carbocycles. The Morgan fingerprint density at radius 1 is 1.08 bits per heavy atom. The van der Waals surface area contributed by atoms with Gasteiger partial charge in [0.2, 0.25) is 5.91 Å². The first-order valence-corrected chi connectivity index (χ1v) is 8.27. The maximum atomic E-state index is 12.3. The third-order valence-electron chi connectivity index (χ3n) is 4.30. The van der Waals surface area contributed by atoms with Crippen molar-refractivity contribution in [1.29, 1.82) is 0 Å². The summed E-state index contributed by atoms with van der Waals surface area (Å²) >= 11 is 0. The summed E-state index contributed by atoms with van der Waals surface area (Å²) in [5.41, 5.74) is 1.95. The fourth-order valence-corrected chi connectivity index (χ4v) is 2.88. The largest absolute Gasteiger partial charge is 0.497 e. The normalized spacial score (nSPS) is 16.8. The van der Waals surface area contributed by atoms with E-state index in [0.717, 1.165) is 16.9 Å². The highest BCUT2D eigenvalue weighted by Gasteiger charge is 2.35.